The average molecular weight is 443 g/mol. The van der Waals surface area contributed by atoms with Crippen molar-refractivity contribution in [3.8, 4) is 0 Å². The molecule has 160 valence electrons. The number of carbonyl (C=O) groups is 2. The molecule has 1 heterocycles. The second-order valence-electron chi connectivity index (χ2n) is 7.43. The lowest BCUT2D eigenvalue weighted by atomic mass is 10.1. The summed E-state index contributed by atoms with van der Waals surface area (Å²) >= 11 is 1.33. The van der Waals surface area contributed by atoms with Gasteiger partial charge in [0, 0.05) is 0 Å². The molecule has 0 radical (unpaired) electrons. The SMILES string of the molecule is COC(=O)c1ccc(/C=C2\SC(=Nc3ccc(C)cc3)N(c3ccc(C)cc3)C2=O)cc1. The summed E-state index contributed by atoms with van der Waals surface area (Å²) in [7, 11) is 1.35. The lowest BCUT2D eigenvalue weighted by Crippen LogP contribution is -2.28. The van der Waals surface area contributed by atoms with Crippen LogP contribution in [0, 0.1) is 13.8 Å². The van der Waals surface area contributed by atoms with E-state index in [0.29, 0.717) is 15.6 Å². The molecule has 0 N–H and O–H groups in total. The van der Waals surface area contributed by atoms with Gasteiger partial charge in [0.25, 0.3) is 5.91 Å². The van der Waals surface area contributed by atoms with E-state index in [2.05, 4.69) is 0 Å². The number of carbonyl (C=O) groups excluding carboxylic acids is 2. The predicted molar refractivity (Wildman–Crippen MR) is 130 cm³/mol. The third-order valence-electron chi connectivity index (χ3n) is 4.99. The number of esters is 1. The zero-order chi connectivity index (χ0) is 22.7. The molecular weight excluding hydrogens is 420 g/mol. The number of methoxy groups -OCH3 is 1. The van der Waals surface area contributed by atoms with E-state index in [1.165, 1.54) is 18.9 Å². The summed E-state index contributed by atoms with van der Waals surface area (Å²) < 4.78 is 4.74. The molecule has 0 saturated carbocycles. The minimum Gasteiger partial charge on any atom is -0.465 e. The highest BCUT2D eigenvalue weighted by molar-refractivity contribution is 8.19. The minimum atomic E-state index is -0.395. The van der Waals surface area contributed by atoms with Gasteiger partial charge < -0.3 is 4.74 Å². The van der Waals surface area contributed by atoms with Crippen LogP contribution in [0.4, 0.5) is 11.4 Å². The zero-order valence-corrected chi connectivity index (χ0v) is 18.8. The first kappa shape index (κ1) is 21.6. The Labute approximate surface area is 191 Å². The molecule has 0 atom stereocenters. The lowest BCUT2D eigenvalue weighted by molar-refractivity contribution is -0.113. The molecule has 32 heavy (non-hydrogen) atoms. The molecule has 0 spiro atoms. The third kappa shape index (κ3) is 4.65. The number of thioether (sulfide) groups is 1. The van der Waals surface area contributed by atoms with Crippen molar-refractivity contribution in [2.24, 2.45) is 4.99 Å². The molecule has 4 rings (SSSR count). The van der Waals surface area contributed by atoms with Gasteiger partial charge in [-0.2, -0.15) is 0 Å². The summed E-state index contributed by atoms with van der Waals surface area (Å²) in [5, 5.41) is 0.597. The van der Waals surface area contributed by atoms with Gasteiger partial charge in [0.2, 0.25) is 0 Å². The first-order valence-electron chi connectivity index (χ1n) is 10.1. The second-order valence-corrected chi connectivity index (χ2v) is 8.44. The predicted octanol–water partition coefficient (Wildman–Crippen LogP) is 5.90. The number of ether oxygens (including phenoxy) is 1. The Morgan fingerprint density at radius 1 is 0.906 bits per heavy atom. The van der Waals surface area contributed by atoms with Crippen molar-refractivity contribution >= 4 is 46.3 Å². The van der Waals surface area contributed by atoms with Crippen LogP contribution in [0.3, 0.4) is 0 Å². The highest BCUT2D eigenvalue weighted by Crippen LogP contribution is 2.37. The summed E-state index contributed by atoms with van der Waals surface area (Å²) in [6, 6.07) is 22.6. The fraction of sp³-hybridized carbons (Fsp3) is 0.115. The summed E-state index contributed by atoms with van der Waals surface area (Å²) in [6.07, 6.45) is 1.81. The van der Waals surface area contributed by atoms with E-state index in [9.17, 15) is 9.59 Å². The fourth-order valence-corrected chi connectivity index (χ4v) is 4.19. The van der Waals surface area contributed by atoms with Gasteiger partial charge in [-0.25, -0.2) is 9.79 Å². The fourth-order valence-electron chi connectivity index (χ4n) is 3.18. The van der Waals surface area contributed by atoms with Crippen molar-refractivity contribution in [1.82, 2.24) is 0 Å². The van der Waals surface area contributed by atoms with Gasteiger partial charge in [-0.05, 0) is 73.6 Å². The van der Waals surface area contributed by atoms with Crippen LogP contribution in [-0.2, 0) is 9.53 Å². The maximum Gasteiger partial charge on any atom is 0.337 e. The summed E-state index contributed by atoms with van der Waals surface area (Å²) in [4.78, 5) is 32.0. The maximum atomic E-state index is 13.4. The monoisotopic (exact) mass is 442 g/mol. The van der Waals surface area contributed by atoms with E-state index in [1.807, 2.05) is 68.5 Å². The molecule has 1 amide bonds. The average Bonchev–Trinajstić information content (AvgIpc) is 3.10. The van der Waals surface area contributed by atoms with Crippen molar-refractivity contribution < 1.29 is 14.3 Å². The van der Waals surface area contributed by atoms with Gasteiger partial charge in [0.1, 0.15) is 0 Å². The topological polar surface area (TPSA) is 59.0 Å². The van der Waals surface area contributed by atoms with Crippen molar-refractivity contribution in [3.63, 3.8) is 0 Å². The van der Waals surface area contributed by atoms with Gasteiger partial charge >= 0.3 is 5.97 Å². The van der Waals surface area contributed by atoms with Gasteiger partial charge in [-0.3, -0.25) is 9.69 Å². The number of aryl methyl sites for hydroxylation is 2. The van der Waals surface area contributed by atoms with Crippen LogP contribution in [0.1, 0.15) is 27.0 Å². The zero-order valence-electron chi connectivity index (χ0n) is 18.0. The van der Waals surface area contributed by atoms with Gasteiger partial charge in [0.15, 0.2) is 5.17 Å². The highest BCUT2D eigenvalue weighted by Gasteiger charge is 2.34. The van der Waals surface area contributed by atoms with Crippen LogP contribution in [0.5, 0.6) is 0 Å². The number of hydrogen-bond acceptors (Lipinski definition) is 5. The Bertz CT molecular complexity index is 1210. The van der Waals surface area contributed by atoms with Crippen molar-refractivity contribution in [1.29, 1.82) is 0 Å². The van der Waals surface area contributed by atoms with Crippen molar-refractivity contribution in [2.45, 2.75) is 13.8 Å². The Morgan fingerprint density at radius 3 is 2.09 bits per heavy atom. The largest absolute Gasteiger partial charge is 0.465 e. The van der Waals surface area contributed by atoms with Crippen molar-refractivity contribution in [2.75, 3.05) is 12.0 Å². The maximum absolute atomic E-state index is 13.4. The molecule has 0 aromatic heterocycles. The molecule has 3 aromatic carbocycles. The number of nitrogens with zero attached hydrogens (tertiary/aromatic N) is 2. The number of amidine groups is 1. The number of benzene rings is 3. The summed E-state index contributed by atoms with van der Waals surface area (Å²) in [5.74, 6) is -0.532. The Morgan fingerprint density at radius 2 is 1.50 bits per heavy atom. The van der Waals surface area contributed by atoms with Crippen LogP contribution < -0.4 is 4.90 Å². The number of rotatable bonds is 4. The molecule has 1 saturated heterocycles. The van der Waals surface area contributed by atoms with Crippen LogP contribution in [0.25, 0.3) is 6.08 Å². The molecule has 6 heteroatoms. The molecule has 0 aliphatic carbocycles. The number of hydrogen-bond donors (Lipinski definition) is 0. The molecule has 5 nitrogen and oxygen atoms in total. The Kier molecular flexibility index (Phi) is 6.23. The standard InChI is InChI=1S/C26H22N2O3S/c1-17-4-12-21(13-5-17)27-26-28(22-14-6-18(2)7-15-22)24(29)23(32-26)16-19-8-10-20(11-9-19)25(30)31-3/h4-16H,1-3H3/b23-16-,27-26?. The van der Waals surface area contributed by atoms with Crippen LogP contribution in [0.2, 0.25) is 0 Å². The number of aliphatic imine (C=N–C) groups is 1. The smallest absolute Gasteiger partial charge is 0.337 e. The molecule has 1 fully saturated rings. The Hall–Kier alpha value is -3.64. The lowest BCUT2D eigenvalue weighted by Gasteiger charge is -2.16. The van der Waals surface area contributed by atoms with E-state index >= 15 is 0 Å². The van der Waals surface area contributed by atoms with Crippen LogP contribution >= 0.6 is 11.8 Å². The molecule has 3 aromatic rings. The number of amides is 1. The highest BCUT2D eigenvalue weighted by atomic mass is 32.2. The first-order chi connectivity index (χ1) is 15.4. The van der Waals surface area contributed by atoms with Crippen LogP contribution in [0.15, 0.2) is 82.7 Å². The molecule has 1 aliphatic rings. The summed E-state index contributed by atoms with van der Waals surface area (Å²) in [5.41, 5.74) is 5.09. The van der Waals surface area contributed by atoms with Gasteiger partial charge in [0.05, 0.1) is 29.0 Å². The number of anilines is 1. The normalized spacial score (nSPS) is 16.1. The quantitative estimate of drug-likeness (QED) is 0.373. The molecule has 0 unspecified atom stereocenters. The van der Waals surface area contributed by atoms with E-state index in [0.717, 1.165) is 28.1 Å². The van der Waals surface area contributed by atoms with E-state index in [-0.39, 0.29) is 5.91 Å². The van der Waals surface area contributed by atoms with Crippen molar-refractivity contribution in [3.05, 3.63) is 100.0 Å². The molecule has 0 bridgehead atoms. The molecular formula is C26H22N2O3S. The minimum absolute atomic E-state index is 0.137. The second kappa shape index (κ2) is 9.24. The van der Waals surface area contributed by atoms with E-state index in [1.54, 1.807) is 29.2 Å². The third-order valence-corrected chi connectivity index (χ3v) is 5.96. The van der Waals surface area contributed by atoms with E-state index in [4.69, 9.17) is 9.73 Å². The molecule has 1 aliphatic heterocycles. The van der Waals surface area contributed by atoms with Gasteiger partial charge in [-0.15, -0.1) is 0 Å². The van der Waals surface area contributed by atoms with E-state index < -0.39 is 5.97 Å². The first-order valence-corrected chi connectivity index (χ1v) is 10.9. The summed E-state index contributed by atoms with van der Waals surface area (Å²) in [6.45, 7) is 4.03. The van der Waals surface area contributed by atoms with Gasteiger partial charge in [-0.1, -0.05) is 47.5 Å². The van der Waals surface area contributed by atoms with Crippen LogP contribution in [-0.4, -0.2) is 24.2 Å². The Balaban J connectivity index is 1.71.